The lowest BCUT2D eigenvalue weighted by atomic mass is 10.2. The molecule has 1 aromatic rings. The summed E-state index contributed by atoms with van der Waals surface area (Å²) in [6, 6.07) is 4.39. The Morgan fingerprint density at radius 2 is 1.96 bits per heavy atom. The topological polar surface area (TPSA) is 58.6 Å². The largest absolute Gasteiger partial charge is 0.416 e. The number of benzene rings is 1. The molecule has 0 unspecified atom stereocenters. The van der Waals surface area contributed by atoms with Crippen LogP contribution in [-0.4, -0.2) is 43.5 Å². The number of halogens is 3. The molecule has 128 valence electrons. The Kier molecular flexibility index (Phi) is 7.02. The molecule has 0 aliphatic heterocycles. The molecule has 0 aliphatic rings. The van der Waals surface area contributed by atoms with Crippen LogP contribution in [0.1, 0.15) is 18.9 Å². The fraction of sp³-hybridized carbons (Fsp3) is 0.467. The zero-order chi connectivity index (χ0) is 17.5. The van der Waals surface area contributed by atoms with Gasteiger partial charge in [0.15, 0.2) is 0 Å². The average Bonchev–Trinajstić information content (AvgIpc) is 2.46. The molecule has 5 nitrogen and oxygen atoms in total. The van der Waals surface area contributed by atoms with Crippen molar-refractivity contribution in [2.75, 3.05) is 32.1 Å². The van der Waals surface area contributed by atoms with Gasteiger partial charge in [-0.3, -0.25) is 9.59 Å². The van der Waals surface area contributed by atoms with Crippen molar-refractivity contribution < 1.29 is 27.5 Å². The fourth-order valence-electron chi connectivity index (χ4n) is 1.86. The Morgan fingerprint density at radius 1 is 1.26 bits per heavy atom. The second-order valence-electron chi connectivity index (χ2n) is 4.88. The first-order valence-electron chi connectivity index (χ1n) is 6.95. The smallest absolute Gasteiger partial charge is 0.383 e. The van der Waals surface area contributed by atoms with Crippen LogP contribution in [0.4, 0.5) is 18.9 Å². The van der Waals surface area contributed by atoms with Crippen molar-refractivity contribution in [3.8, 4) is 0 Å². The number of rotatable bonds is 7. The summed E-state index contributed by atoms with van der Waals surface area (Å²) in [6.45, 7) is 2.24. The molecule has 2 amide bonds. The Balaban J connectivity index is 2.58. The number of anilines is 1. The molecule has 0 atom stereocenters. The summed E-state index contributed by atoms with van der Waals surface area (Å²) in [5.41, 5.74) is -0.767. The number of alkyl halides is 3. The van der Waals surface area contributed by atoms with E-state index in [-0.39, 0.29) is 24.6 Å². The minimum Gasteiger partial charge on any atom is -0.383 e. The predicted molar refractivity (Wildman–Crippen MR) is 78.8 cm³/mol. The van der Waals surface area contributed by atoms with E-state index in [1.54, 1.807) is 0 Å². The van der Waals surface area contributed by atoms with E-state index >= 15 is 0 Å². The number of hydrogen-bond acceptors (Lipinski definition) is 3. The van der Waals surface area contributed by atoms with Crippen molar-refractivity contribution in [1.82, 2.24) is 4.90 Å². The van der Waals surface area contributed by atoms with Gasteiger partial charge in [-0.05, 0) is 18.2 Å². The third-order valence-corrected chi connectivity index (χ3v) is 3.09. The fourth-order valence-corrected chi connectivity index (χ4v) is 1.86. The predicted octanol–water partition coefficient (Wildman–Crippen LogP) is 2.53. The van der Waals surface area contributed by atoms with Gasteiger partial charge in [0.05, 0.1) is 12.2 Å². The van der Waals surface area contributed by atoms with Crippen LogP contribution in [-0.2, 0) is 20.5 Å². The van der Waals surface area contributed by atoms with Crippen LogP contribution in [0.2, 0.25) is 0 Å². The maximum atomic E-state index is 12.6. The average molecular weight is 332 g/mol. The quantitative estimate of drug-likeness (QED) is 0.835. The number of nitrogens with zero attached hydrogens (tertiary/aromatic N) is 1. The number of amides is 2. The van der Waals surface area contributed by atoms with Crippen molar-refractivity contribution in [3.05, 3.63) is 29.8 Å². The van der Waals surface area contributed by atoms with Crippen molar-refractivity contribution in [2.24, 2.45) is 0 Å². The molecule has 0 aromatic heterocycles. The molecule has 0 heterocycles. The Hall–Kier alpha value is -2.09. The molecule has 0 bridgehead atoms. The molecule has 1 aromatic carbocycles. The second-order valence-corrected chi connectivity index (χ2v) is 4.88. The lowest BCUT2D eigenvalue weighted by Gasteiger charge is -2.20. The zero-order valence-corrected chi connectivity index (χ0v) is 12.9. The van der Waals surface area contributed by atoms with Crippen molar-refractivity contribution >= 4 is 17.5 Å². The lowest BCUT2D eigenvalue weighted by Crippen LogP contribution is -2.34. The highest BCUT2D eigenvalue weighted by atomic mass is 19.4. The molecular formula is C15H19F3N2O3. The van der Waals surface area contributed by atoms with Gasteiger partial charge in [-0.25, -0.2) is 0 Å². The van der Waals surface area contributed by atoms with E-state index in [0.29, 0.717) is 13.2 Å². The third kappa shape index (κ3) is 6.68. The van der Waals surface area contributed by atoms with E-state index in [4.69, 9.17) is 4.74 Å². The molecule has 0 fully saturated rings. The van der Waals surface area contributed by atoms with Crippen LogP contribution in [0, 0.1) is 0 Å². The van der Waals surface area contributed by atoms with E-state index in [0.717, 1.165) is 12.1 Å². The third-order valence-electron chi connectivity index (χ3n) is 3.09. The van der Waals surface area contributed by atoms with E-state index in [9.17, 15) is 22.8 Å². The Morgan fingerprint density at radius 3 is 2.52 bits per heavy atom. The van der Waals surface area contributed by atoms with Gasteiger partial charge in [-0.1, -0.05) is 6.07 Å². The monoisotopic (exact) mass is 332 g/mol. The van der Waals surface area contributed by atoms with Crippen LogP contribution in [0.15, 0.2) is 24.3 Å². The van der Waals surface area contributed by atoms with E-state index in [1.165, 1.54) is 31.1 Å². The van der Waals surface area contributed by atoms with Gasteiger partial charge in [0, 0.05) is 39.2 Å². The van der Waals surface area contributed by atoms with Gasteiger partial charge in [-0.15, -0.1) is 0 Å². The lowest BCUT2D eigenvalue weighted by molar-refractivity contribution is -0.137. The number of carbonyl (C=O) groups excluding carboxylic acids is 2. The van der Waals surface area contributed by atoms with Crippen LogP contribution in [0.25, 0.3) is 0 Å². The van der Waals surface area contributed by atoms with Crippen LogP contribution >= 0.6 is 0 Å². The minimum atomic E-state index is -4.47. The molecule has 1 rings (SSSR count). The van der Waals surface area contributed by atoms with Crippen molar-refractivity contribution in [3.63, 3.8) is 0 Å². The Bertz CT molecular complexity index is 547. The summed E-state index contributed by atoms with van der Waals surface area (Å²) < 4.78 is 42.7. The molecule has 0 saturated heterocycles. The molecule has 1 N–H and O–H groups in total. The van der Waals surface area contributed by atoms with E-state index in [1.807, 2.05) is 0 Å². The maximum Gasteiger partial charge on any atom is 0.416 e. The number of carbonyl (C=O) groups is 2. The summed E-state index contributed by atoms with van der Waals surface area (Å²) in [5, 5.41) is 2.40. The van der Waals surface area contributed by atoms with Crippen LogP contribution < -0.4 is 5.32 Å². The Labute approximate surface area is 132 Å². The standard InChI is InChI=1S/C15H19F3N2O3/c1-11(21)20(8-9-23-2)7-6-14(22)19-13-5-3-4-12(10-13)15(16,17)18/h3-5,10H,6-9H2,1-2H3,(H,19,22). The maximum absolute atomic E-state index is 12.6. The summed E-state index contributed by atoms with van der Waals surface area (Å²) in [7, 11) is 1.50. The SMILES string of the molecule is COCCN(CCC(=O)Nc1cccc(C(F)(F)F)c1)C(C)=O. The number of ether oxygens (including phenoxy) is 1. The first kappa shape index (κ1) is 19.0. The van der Waals surface area contributed by atoms with Gasteiger partial charge in [-0.2, -0.15) is 13.2 Å². The van der Waals surface area contributed by atoms with E-state index < -0.39 is 17.6 Å². The molecule has 23 heavy (non-hydrogen) atoms. The first-order chi connectivity index (χ1) is 10.7. The van der Waals surface area contributed by atoms with Gasteiger partial charge in [0.2, 0.25) is 11.8 Å². The van der Waals surface area contributed by atoms with Gasteiger partial charge in [0.1, 0.15) is 0 Å². The number of hydrogen-bond donors (Lipinski definition) is 1. The van der Waals surface area contributed by atoms with Gasteiger partial charge in [0.25, 0.3) is 0 Å². The highest BCUT2D eigenvalue weighted by Crippen LogP contribution is 2.30. The normalized spacial score (nSPS) is 11.2. The van der Waals surface area contributed by atoms with Crippen molar-refractivity contribution in [2.45, 2.75) is 19.5 Å². The molecule has 0 spiro atoms. The van der Waals surface area contributed by atoms with Crippen molar-refractivity contribution in [1.29, 1.82) is 0 Å². The summed E-state index contributed by atoms with van der Waals surface area (Å²) in [4.78, 5) is 24.6. The summed E-state index contributed by atoms with van der Waals surface area (Å²) >= 11 is 0. The van der Waals surface area contributed by atoms with E-state index in [2.05, 4.69) is 5.32 Å². The summed E-state index contributed by atoms with van der Waals surface area (Å²) in [6.07, 6.45) is -4.48. The van der Waals surface area contributed by atoms with Gasteiger partial charge < -0.3 is 15.0 Å². The highest BCUT2D eigenvalue weighted by Gasteiger charge is 2.30. The molecule has 8 heteroatoms. The van der Waals surface area contributed by atoms with Crippen LogP contribution in [0.5, 0.6) is 0 Å². The summed E-state index contributed by atoms with van der Waals surface area (Å²) in [5.74, 6) is -0.665. The molecule has 0 saturated carbocycles. The first-order valence-corrected chi connectivity index (χ1v) is 6.95. The zero-order valence-electron chi connectivity index (χ0n) is 12.9. The number of methoxy groups -OCH3 is 1. The molecular weight excluding hydrogens is 313 g/mol. The number of nitrogens with one attached hydrogen (secondary N) is 1. The van der Waals surface area contributed by atoms with Crippen LogP contribution in [0.3, 0.4) is 0 Å². The highest BCUT2D eigenvalue weighted by molar-refractivity contribution is 5.91. The second kappa shape index (κ2) is 8.52. The molecule has 0 radical (unpaired) electrons. The molecule has 0 aliphatic carbocycles. The van der Waals surface area contributed by atoms with Gasteiger partial charge >= 0.3 is 6.18 Å². The minimum absolute atomic E-state index is 0.0143.